The Balaban J connectivity index is 1.60. The second-order valence-electron chi connectivity index (χ2n) is 8.86. The van der Waals surface area contributed by atoms with Crippen molar-refractivity contribution in [1.29, 1.82) is 0 Å². The van der Waals surface area contributed by atoms with Crippen molar-refractivity contribution < 1.29 is 18.4 Å². The van der Waals surface area contributed by atoms with Gasteiger partial charge in [0.1, 0.15) is 11.6 Å². The summed E-state index contributed by atoms with van der Waals surface area (Å²) in [5.41, 5.74) is 2.99. The van der Waals surface area contributed by atoms with Gasteiger partial charge in [-0.1, -0.05) is 36.4 Å². The molecule has 1 aliphatic rings. The van der Waals surface area contributed by atoms with Crippen molar-refractivity contribution in [2.24, 2.45) is 0 Å². The van der Waals surface area contributed by atoms with Crippen LogP contribution >= 0.6 is 0 Å². The molecule has 1 aliphatic heterocycles. The van der Waals surface area contributed by atoms with Gasteiger partial charge in [-0.2, -0.15) is 0 Å². The minimum atomic E-state index is -0.413. The van der Waals surface area contributed by atoms with E-state index in [4.69, 9.17) is 0 Å². The van der Waals surface area contributed by atoms with Crippen LogP contribution in [-0.4, -0.2) is 17.9 Å². The molecule has 2 atom stereocenters. The van der Waals surface area contributed by atoms with Crippen molar-refractivity contribution in [3.63, 3.8) is 0 Å². The third kappa shape index (κ3) is 4.38. The fraction of sp³-hybridized carbons (Fsp3) is 0.133. The molecule has 36 heavy (non-hydrogen) atoms. The summed E-state index contributed by atoms with van der Waals surface area (Å²) in [6.07, 6.45) is 0.478. The first kappa shape index (κ1) is 23.4. The third-order valence-electron chi connectivity index (χ3n) is 6.53. The van der Waals surface area contributed by atoms with Gasteiger partial charge >= 0.3 is 0 Å². The predicted octanol–water partition coefficient (Wildman–Crippen LogP) is 6.79. The zero-order valence-corrected chi connectivity index (χ0v) is 19.6. The maximum atomic E-state index is 13.8. The Hall–Kier alpha value is -4.32. The molecule has 0 aromatic heterocycles. The normalized spacial score (nSPS) is 16.8. The van der Waals surface area contributed by atoms with Crippen LogP contribution in [-0.2, 0) is 0 Å². The lowest BCUT2D eigenvalue weighted by Gasteiger charge is -2.43. The molecular weight excluding hydrogens is 458 g/mol. The van der Waals surface area contributed by atoms with Gasteiger partial charge in [0.15, 0.2) is 0 Å². The van der Waals surface area contributed by atoms with Gasteiger partial charge in [-0.05, 0) is 85.6 Å². The Morgan fingerprint density at radius 2 is 1.31 bits per heavy atom. The number of nitrogens with zero attached hydrogens (tertiary/aromatic N) is 2. The fourth-order valence-electron chi connectivity index (χ4n) is 4.83. The molecule has 0 saturated heterocycles. The minimum Gasteiger partial charge on any atom is -0.305 e. The zero-order valence-electron chi connectivity index (χ0n) is 19.6. The SMILES string of the molecule is C[C@H]1C[C@@H](N(C(=O)c2ccc(F)cc2)c2ccccc2)c2ccccc2N1C(=O)c1ccc(F)cc1. The molecule has 0 unspecified atom stereocenters. The van der Waals surface area contributed by atoms with Crippen LogP contribution in [0.2, 0.25) is 0 Å². The van der Waals surface area contributed by atoms with Gasteiger partial charge in [-0.3, -0.25) is 9.59 Å². The summed E-state index contributed by atoms with van der Waals surface area (Å²) < 4.78 is 27.0. The van der Waals surface area contributed by atoms with Gasteiger partial charge in [0.25, 0.3) is 11.8 Å². The summed E-state index contributed by atoms with van der Waals surface area (Å²) in [5.74, 6) is -1.31. The lowest BCUT2D eigenvalue weighted by atomic mass is 9.89. The number of para-hydroxylation sites is 2. The predicted molar refractivity (Wildman–Crippen MR) is 136 cm³/mol. The Labute approximate surface area is 208 Å². The maximum absolute atomic E-state index is 13.8. The Kier molecular flexibility index (Phi) is 6.34. The lowest BCUT2D eigenvalue weighted by Crippen LogP contribution is -2.47. The summed E-state index contributed by atoms with van der Waals surface area (Å²) in [5, 5.41) is 0. The summed E-state index contributed by atoms with van der Waals surface area (Å²) >= 11 is 0. The summed E-state index contributed by atoms with van der Waals surface area (Å²) in [6, 6.07) is 27.3. The molecule has 6 heteroatoms. The van der Waals surface area contributed by atoms with Crippen molar-refractivity contribution in [3.05, 3.63) is 131 Å². The molecule has 4 aromatic carbocycles. The quantitative estimate of drug-likeness (QED) is 0.321. The number of fused-ring (bicyclic) bond motifs is 1. The lowest BCUT2D eigenvalue weighted by molar-refractivity contribution is 0.0965. The molecule has 4 nitrogen and oxygen atoms in total. The second-order valence-corrected chi connectivity index (χ2v) is 8.86. The number of anilines is 2. The molecule has 180 valence electrons. The first-order valence-corrected chi connectivity index (χ1v) is 11.8. The van der Waals surface area contributed by atoms with Crippen LogP contribution in [0.1, 0.15) is 45.7 Å². The van der Waals surface area contributed by atoms with Crippen LogP contribution in [0.25, 0.3) is 0 Å². The molecule has 1 heterocycles. The van der Waals surface area contributed by atoms with E-state index in [-0.39, 0.29) is 23.9 Å². The second kappa shape index (κ2) is 9.74. The third-order valence-corrected chi connectivity index (χ3v) is 6.53. The molecule has 0 aliphatic carbocycles. The topological polar surface area (TPSA) is 40.6 Å². The van der Waals surface area contributed by atoms with Crippen LogP contribution in [0.5, 0.6) is 0 Å². The highest BCUT2D eigenvalue weighted by molar-refractivity contribution is 6.09. The van der Waals surface area contributed by atoms with Gasteiger partial charge in [-0.15, -0.1) is 0 Å². The number of hydrogen-bond acceptors (Lipinski definition) is 2. The van der Waals surface area contributed by atoms with Crippen LogP contribution in [0.3, 0.4) is 0 Å². The molecule has 0 saturated carbocycles. The van der Waals surface area contributed by atoms with E-state index >= 15 is 0 Å². The molecule has 4 aromatic rings. The van der Waals surface area contributed by atoms with Crippen molar-refractivity contribution in [2.75, 3.05) is 9.80 Å². The van der Waals surface area contributed by atoms with E-state index in [0.717, 1.165) is 5.56 Å². The number of benzene rings is 4. The average Bonchev–Trinajstić information content (AvgIpc) is 2.90. The van der Waals surface area contributed by atoms with E-state index in [0.29, 0.717) is 28.9 Å². The molecule has 5 rings (SSSR count). The number of carbonyl (C=O) groups excluding carboxylic acids is 2. The van der Waals surface area contributed by atoms with Gasteiger partial charge in [0.2, 0.25) is 0 Å². The summed E-state index contributed by atoms with van der Waals surface area (Å²) in [7, 11) is 0. The Bertz CT molecular complexity index is 1390. The number of carbonyl (C=O) groups is 2. The van der Waals surface area contributed by atoms with E-state index in [1.807, 2.05) is 61.5 Å². The standard InChI is InChI=1S/C30H24F2N2O2/c1-20-19-28(34(25-7-3-2-4-8-25)30(36)22-13-17-24(32)18-14-22)26-9-5-6-10-27(26)33(20)29(35)21-11-15-23(31)16-12-21/h2-18,20,28H,19H2,1H3/t20-,28+/m0/s1. The molecule has 0 radical (unpaired) electrons. The largest absolute Gasteiger partial charge is 0.305 e. The van der Waals surface area contributed by atoms with E-state index < -0.39 is 11.6 Å². The molecule has 2 amide bonds. The van der Waals surface area contributed by atoms with Crippen LogP contribution in [0.4, 0.5) is 20.2 Å². The van der Waals surface area contributed by atoms with Crippen LogP contribution < -0.4 is 9.80 Å². The van der Waals surface area contributed by atoms with Crippen LogP contribution in [0.15, 0.2) is 103 Å². The average molecular weight is 483 g/mol. The van der Waals surface area contributed by atoms with Crippen molar-refractivity contribution in [2.45, 2.75) is 25.4 Å². The first-order chi connectivity index (χ1) is 17.4. The highest BCUT2D eigenvalue weighted by Gasteiger charge is 2.39. The molecule has 0 spiro atoms. The zero-order chi connectivity index (χ0) is 25.2. The Morgan fingerprint density at radius 3 is 1.94 bits per heavy atom. The van der Waals surface area contributed by atoms with Gasteiger partial charge in [0.05, 0.1) is 6.04 Å². The van der Waals surface area contributed by atoms with Crippen molar-refractivity contribution in [3.8, 4) is 0 Å². The van der Waals surface area contributed by atoms with E-state index in [1.165, 1.54) is 48.5 Å². The monoisotopic (exact) mass is 482 g/mol. The molecule has 0 fully saturated rings. The van der Waals surface area contributed by atoms with Crippen molar-refractivity contribution >= 4 is 23.2 Å². The number of rotatable bonds is 4. The smallest absolute Gasteiger partial charge is 0.258 e. The maximum Gasteiger partial charge on any atom is 0.258 e. The summed E-state index contributed by atoms with van der Waals surface area (Å²) in [6.45, 7) is 1.94. The Morgan fingerprint density at radius 1 is 0.750 bits per heavy atom. The van der Waals surface area contributed by atoms with E-state index in [2.05, 4.69) is 0 Å². The van der Waals surface area contributed by atoms with E-state index in [1.54, 1.807) is 9.80 Å². The number of hydrogen-bond donors (Lipinski definition) is 0. The molecular formula is C30H24F2N2O2. The number of halogens is 2. The van der Waals surface area contributed by atoms with Crippen molar-refractivity contribution in [1.82, 2.24) is 0 Å². The van der Waals surface area contributed by atoms with E-state index in [9.17, 15) is 18.4 Å². The molecule has 0 bridgehead atoms. The van der Waals surface area contributed by atoms with Gasteiger partial charge in [0, 0.05) is 28.5 Å². The minimum absolute atomic E-state index is 0.232. The highest BCUT2D eigenvalue weighted by Crippen LogP contribution is 2.43. The number of amides is 2. The molecule has 0 N–H and O–H groups in total. The fourth-order valence-corrected chi connectivity index (χ4v) is 4.83. The van der Waals surface area contributed by atoms with Gasteiger partial charge < -0.3 is 9.80 Å². The summed E-state index contributed by atoms with van der Waals surface area (Å²) in [4.78, 5) is 30.8. The van der Waals surface area contributed by atoms with Gasteiger partial charge in [-0.25, -0.2) is 8.78 Å². The first-order valence-electron chi connectivity index (χ1n) is 11.8. The van der Waals surface area contributed by atoms with Crippen LogP contribution in [0, 0.1) is 11.6 Å². The highest BCUT2D eigenvalue weighted by atomic mass is 19.1.